The van der Waals surface area contributed by atoms with Gasteiger partial charge in [0, 0.05) is 65.6 Å². The fraction of sp³-hybridized carbons (Fsp3) is 0.0244. The van der Waals surface area contributed by atoms with Gasteiger partial charge in [-0.25, -0.2) is 15.0 Å². The van der Waals surface area contributed by atoms with Gasteiger partial charge in [0.2, 0.25) is 0 Å². The Balaban J connectivity index is 1.13. The van der Waals surface area contributed by atoms with Crippen LogP contribution in [-0.2, 0) is 4.57 Å². The number of aryl methyl sites for hydroxylation is 1. The van der Waals surface area contributed by atoms with Crippen molar-refractivity contribution in [1.82, 2.24) is 19.9 Å². The molecular formula is C41H29N4OP. The largest absolute Gasteiger partial charge is 0.309 e. The number of hydrogen-bond donors (Lipinski definition) is 0. The van der Waals surface area contributed by atoms with Crippen LogP contribution in [0.25, 0.3) is 55.6 Å². The van der Waals surface area contributed by atoms with Crippen LogP contribution < -0.4 is 15.9 Å². The molecule has 3 heterocycles. The molecule has 0 aliphatic rings. The SMILES string of the molecule is [2H]C([2H])([2H])c1ccc2ccc3ccc(-c4cccc(-c5ncc(-c6cccc(P(=O)(c7ccccc7)c7ccccc7)c6)cn5)c4)nc3c2n1. The van der Waals surface area contributed by atoms with E-state index in [-0.39, 0.29) is 5.69 Å². The quantitative estimate of drug-likeness (QED) is 0.137. The van der Waals surface area contributed by atoms with Crippen LogP contribution in [0, 0.1) is 6.85 Å². The van der Waals surface area contributed by atoms with Crippen molar-refractivity contribution in [3.63, 3.8) is 0 Å². The van der Waals surface area contributed by atoms with Crippen molar-refractivity contribution in [2.45, 2.75) is 6.85 Å². The van der Waals surface area contributed by atoms with Crippen LogP contribution in [0.4, 0.5) is 0 Å². The van der Waals surface area contributed by atoms with Gasteiger partial charge in [-0.05, 0) is 36.7 Å². The highest BCUT2D eigenvalue weighted by atomic mass is 31.2. The summed E-state index contributed by atoms with van der Waals surface area (Å²) >= 11 is 0. The zero-order chi connectivity index (χ0) is 34.3. The van der Waals surface area contributed by atoms with E-state index in [1.807, 2.05) is 133 Å². The molecule has 0 bridgehead atoms. The summed E-state index contributed by atoms with van der Waals surface area (Å²) < 4.78 is 38.4. The first-order valence-electron chi connectivity index (χ1n) is 16.7. The Morgan fingerprint density at radius 3 is 1.79 bits per heavy atom. The van der Waals surface area contributed by atoms with E-state index in [1.165, 1.54) is 0 Å². The average Bonchev–Trinajstić information content (AvgIpc) is 3.17. The standard InChI is InChI=1S/C41H29N4OP/c1-28-18-19-29-20-21-30-22-23-38(45-40(30)39(29)44-28)32-11-8-12-33(24-32)41-42-26-34(27-43-41)31-10-9-17-37(25-31)47(46,35-13-4-2-5-14-35)36-15-6-3-7-16-36/h2-27H,1H3/i1D3. The fourth-order valence-electron chi connectivity index (χ4n) is 5.98. The molecule has 0 radical (unpaired) electrons. The maximum atomic E-state index is 14.9. The van der Waals surface area contributed by atoms with Gasteiger partial charge in [0.15, 0.2) is 13.0 Å². The van der Waals surface area contributed by atoms with Gasteiger partial charge in [0.05, 0.1) is 16.7 Å². The maximum absolute atomic E-state index is 14.9. The lowest BCUT2D eigenvalue weighted by atomic mass is 10.0. The molecule has 0 saturated carbocycles. The third-order valence-corrected chi connectivity index (χ3v) is 11.4. The summed E-state index contributed by atoms with van der Waals surface area (Å²) in [6.07, 6.45) is 3.58. The third-order valence-electron chi connectivity index (χ3n) is 8.37. The Kier molecular flexibility index (Phi) is 6.42. The molecule has 0 N–H and O–H groups in total. The van der Waals surface area contributed by atoms with Crippen molar-refractivity contribution in [3.8, 4) is 33.8 Å². The second-order valence-corrected chi connectivity index (χ2v) is 14.1. The van der Waals surface area contributed by atoms with Crippen molar-refractivity contribution >= 4 is 44.9 Å². The molecule has 0 aliphatic carbocycles. The molecule has 5 aromatic carbocycles. The highest BCUT2D eigenvalue weighted by Gasteiger charge is 2.29. The average molecular weight is 628 g/mol. The summed E-state index contributed by atoms with van der Waals surface area (Å²) in [5.74, 6) is 0.557. The first-order valence-corrected chi connectivity index (χ1v) is 16.9. The van der Waals surface area contributed by atoms with E-state index < -0.39 is 14.0 Å². The molecule has 6 heteroatoms. The molecule has 5 nitrogen and oxygen atoms in total. The van der Waals surface area contributed by atoms with Crippen LogP contribution in [0.3, 0.4) is 0 Å². The third kappa shape index (κ3) is 5.31. The predicted octanol–water partition coefficient (Wildman–Crippen LogP) is 8.52. The number of rotatable bonds is 6. The Bertz CT molecular complexity index is 2520. The van der Waals surface area contributed by atoms with E-state index in [2.05, 4.69) is 4.98 Å². The second-order valence-electron chi connectivity index (χ2n) is 11.3. The molecule has 8 rings (SSSR count). The van der Waals surface area contributed by atoms with Crippen molar-refractivity contribution in [2.24, 2.45) is 0 Å². The van der Waals surface area contributed by atoms with Gasteiger partial charge in [-0.15, -0.1) is 0 Å². The lowest BCUT2D eigenvalue weighted by molar-refractivity contribution is 0.592. The first kappa shape index (κ1) is 25.4. The van der Waals surface area contributed by atoms with Crippen molar-refractivity contribution < 1.29 is 8.68 Å². The summed E-state index contributed by atoms with van der Waals surface area (Å²) in [4.78, 5) is 18.9. The smallest absolute Gasteiger partial charge is 0.171 e. The molecule has 3 aromatic heterocycles. The number of aromatic nitrogens is 4. The van der Waals surface area contributed by atoms with E-state index in [4.69, 9.17) is 19.1 Å². The summed E-state index contributed by atoms with van der Waals surface area (Å²) in [5.41, 5.74) is 5.34. The van der Waals surface area contributed by atoms with Gasteiger partial charge in [-0.3, -0.25) is 4.98 Å². The molecule has 0 aliphatic heterocycles. The number of nitrogens with zero attached hydrogens (tertiary/aromatic N) is 4. The minimum Gasteiger partial charge on any atom is -0.309 e. The normalized spacial score (nSPS) is 12.8. The summed E-state index contributed by atoms with van der Waals surface area (Å²) in [7, 11) is -3.13. The van der Waals surface area contributed by atoms with E-state index in [0.29, 0.717) is 16.9 Å². The first-order chi connectivity index (χ1) is 24.3. The highest BCUT2D eigenvalue weighted by Crippen LogP contribution is 2.43. The summed E-state index contributed by atoms with van der Waals surface area (Å²) in [6.45, 7) is -2.31. The monoisotopic (exact) mass is 627 g/mol. The van der Waals surface area contributed by atoms with Crippen LogP contribution in [0.5, 0.6) is 0 Å². The second kappa shape index (κ2) is 11.9. The van der Waals surface area contributed by atoms with Crippen LogP contribution in [0.1, 0.15) is 9.81 Å². The van der Waals surface area contributed by atoms with Crippen LogP contribution in [-0.4, -0.2) is 19.9 Å². The van der Waals surface area contributed by atoms with Gasteiger partial charge in [-0.1, -0.05) is 121 Å². The Morgan fingerprint density at radius 1 is 0.511 bits per heavy atom. The predicted molar refractivity (Wildman–Crippen MR) is 193 cm³/mol. The Labute approximate surface area is 277 Å². The molecule has 0 fully saturated rings. The molecular weight excluding hydrogens is 595 g/mol. The zero-order valence-corrected chi connectivity index (χ0v) is 26.0. The van der Waals surface area contributed by atoms with E-state index in [9.17, 15) is 4.57 Å². The van der Waals surface area contributed by atoms with Crippen molar-refractivity contribution in [1.29, 1.82) is 0 Å². The molecule has 0 spiro atoms. The van der Waals surface area contributed by atoms with E-state index >= 15 is 0 Å². The van der Waals surface area contributed by atoms with E-state index in [0.717, 1.165) is 54.6 Å². The number of benzene rings is 5. The van der Waals surface area contributed by atoms with Crippen molar-refractivity contribution in [2.75, 3.05) is 0 Å². The fourth-order valence-corrected chi connectivity index (χ4v) is 8.67. The van der Waals surface area contributed by atoms with Gasteiger partial charge in [0.1, 0.15) is 0 Å². The highest BCUT2D eigenvalue weighted by molar-refractivity contribution is 7.85. The number of fused-ring (bicyclic) bond motifs is 3. The van der Waals surface area contributed by atoms with Gasteiger partial charge in [0.25, 0.3) is 0 Å². The maximum Gasteiger partial charge on any atom is 0.171 e. The van der Waals surface area contributed by atoms with Crippen molar-refractivity contribution in [3.05, 3.63) is 164 Å². The minimum absolute atomic E-state index is 0.0421. The molecule has 0 unspecified atom stereocenters. The molecule has 0 amide bonds. The van der Waals surface area contributed by atoms with Crippen LogP contribution in [0.15, 0.2) is 158 Å². The van der Waals surface area contributed by atoms with Crippen LogP contribution in [0.2, 0.25) is 0 Å². The minimum atomic E-state index is -3.13. The summed E-state index contributed by atoms with van der Waals surface area (Å²) in [5, 5.41) is 4.00. The molecule has 224 valence electrons. The molecule has 47 heavy (non-hydrogen) atoms. The van der Waals surface area contributed by atoms with E-state index in [1.54, 1.807) is 24.5 Å². The zero-order valence-electron chi connectivity index (χ0n) is 28.2. The molecule has 0 saturated heterocycles. The van der Waals surface area contributed by atoms with Gasteiger partial charge >= 0.3 is 0 Å². The molecule has 0 atom stereocenters. The summed E-state index contributed by atoms with van der Waals surface area (Å²) in [6, 6.07) is 46.1. The van der Waals surface area contributed by atoms with Gasteiger partial charge in [-0.2, -0.15) is 0 Å². The van der Waals surface area contributed by atoms with Gasteiger partial charge < -0.3 is 4.57 Å². The Morgan fingerprint density at radius 2 is 1.09 bits per heavy atom. The topological polar surface area (TPSA) is 68.6 Å². The lowest BCUT2D eigenvalue weighted by Gasteiger charge is -2.20. The lowest BCUT2D eigenvalue weighted by Crippen LogP contribution is -2.25. The number of pyridine rings is 2. The Hall–Kier alpha value is -5.77. The molecule has 8 aromatic rings. The number of hydrogen-bond acceptors (Lipinski definition) is 5. The van der Waals surface area contributed by atoms with Crippen LogP contribution >= 0.6 is 7.14 Å².